The van der Waals surface area contributed by atoms with Gasteiger partial charge < -0.3 is 20.8 Å². The van der Waals surface area contributed by atoms with Gasteiger partial charge in [0.1, 0.15) is 0 Å². The summed E-state index contributed by atoms with van der Waals surface area (Å²) in [7, 11) is 3.23. The minimum atomic E-state index is -0.933. The van der Waals surface area contributed by atoms with Crippen molar-refractivity contribution in [1.82, 2.24) is 10.6 Å². The summed E-state index contributed by atoms with van der Waals surface area (Å²) < 4.78 is -0.279. The van der Waals surface area contributed by atoms with Gasteiger partial charge in [0.15, 0.2) is 0 Å². The molecular formula is C32H52N2O4S2. The highest BCUT2D eigenvalue weighted by atomic mass is 33.1. The van der Waals surface area contributed by atoms with Crippen molar-refractivity contribution >= 4 is 33.4 Å². The number of rotatable bonds is 24. The molecule has 8 heteroatoms. The van der Waals surface area contributed by atoms with Crippen molar-refractivity contribution in [2.24, 2.45) is 0 Å². The Hall–Kier alpha value is -2.00. The topological polar surface area (TPSA) is 98.7 Å². The van der Waals surface area contributed by atoms with Crippen LogP contribution in [-0.4, -0.2) is 58.3 Å². The molecule has 0 unspecified atom stereocenters. The second-order valence-corrected chi connectivity index (χ2v) is 12.9. The minimum Gasteiger partial charge on any atom is -0.394 e. The second kappa shape index (κ2) is 27.2. The van der Waals surface area contributed by atoms with Gasteiger partial charge in [-0.1, -0.05) is 101 Å². The zero-order valence-electron chi connectivity index (χ0n) is 24.7. The van der Waals surface area contributed by atoms with Crippen LogP contribution < -0.4 is 10.6 Å². The maximum atomic E-state index is 12.0. The molecule has 1 atom stereocenters. The van der Waals surface area contributed by atoms with Crippen LogP contribution in [0.4, 0.5) is 0 Å². The standard InChI is InChI=1S/C32H52N2O4S2/c1-4-5-6-7-8-9-10-11-12-13-14-15-16-17-18-19-20-21-22-23-30(37)33-24-25-39-40-32(2,3)26-31(38)34-27-29(36)28-35/h5-6,8-9,11-12,14-15,17-18,20-21,29,35-36H,4,7,10,13,16,19,22-28H2,1-3H3,(H,33,37)(H,34,38)/b6-5-,9-8-,12-11-,15-14-,18-17-,21-20-/t29-/m1/s1. The molecule has 0 fully saturated rings. The van der Waals surface area contributed by atoms with E-state index in [4.69, 9.17) is 5.11 Å². The van der Waals surface area contributed by atoms with Crippen LogP contribution in [0.5, 0.6) is 0 Å². The van der Waals surface area contributed by atoms with Gasteiger partial charge >= 0.3 is 0 Å². The fourth-order valence-electron chi connectivity index (χ4n) is 3.15. The molecule has 0 aliphatic heterocycles. The van der Waals surface area contributed by atoms with Gasteiger partial charge in [0, 0.05) is 36.4 Å². The van der Waals surface area contributed by atoms with E-state index >= 15 is 0 Å². The van der Waals surface area contributed by atoms with E-state index in [2.05, 4.69) is 90.5 Å². The lowest BCUT2D eigenvalue weighted by Crippen LogP contribution is -2.36. The molecule has 6 nitrogen and oxygen atoms in total. The number of allylic oxidation sites excluding steroid dienone is 12. The van der Waals surface area contributed by atoms with Crippen molar-refractivity contribution in [2.75, 3.05) is 25.4 Å². The maximum absolute atomic E-state index is 12.0. The van der Waals surface area contributed by atoms with Crippen LogP contribution >= 0.6 is 21.6 Å². The molecule has 0 rings (SSSR count). The van der Waals surface area contributed by atoms with Gasteiger partial charge in [0.25, 0.3) is 0 Å². The fraction of sp³-hybridized carbons (Fsp3) is 0.562. The summed E-state index contributed by atoms with van der Waals surface area (Å²) in [5, 5.41) is 23.7. The van der Waals surface area contributed by atoms with E-state index < -0.39 is 6.10 Å². The van der Waals surface area contributed by atoms with E-state index in [1.54, 1.807) is 21.6 Å². The first kappa shape index (κ1) is 38.0. The smallest absolute Gasteiger partial charge is 0.221 e. The van der Waals surface area contributed by atoms with Crippen molar-refractivity contribution in [3.05, 3.63) is 72.9 Å². The monoisotopic (exact) mass is 592 g/mol. The molecule has 0 aromatic heterocycles. The summed E-state index contributed by atoms with van der Waals surface area (Å²) in [5.41, 5.74) is 0. The lowest BCUT2D eigenvalue weighted by molar-refractivity contribution is -0.122. The summed E-state index contributed by atoms with van der Waals surface area (Å²) >= 11 is 0. The number of amides is 2. The second-order valence-electron chi connectivity index (χ2n) is 9.79. The van der Waals surface area contributed by atoms with Crippen LogP contribution in [0.1, 0.15) is 78.6 Å². The van der Waals surface area contributed by atoms with Crippen molar-refractivity contribution in [3.63, 3.8) is 0 Å². The molecule has 2 amide bonds. The van der Waals surface area contributed by atoms with Gasteiger partial charge in [-0.25, -0.2) is 0 Å². The minimum absolute atomic E-state index is 0.0474. The Kier molecular flexibility index (Phi) is 25.8. The Bertz CT molecular complexity index is 833. The van der Waals surface area contributed by atoms with Crippen LogP contribution in [0.2, 0.25) is 0 Å². The normalized spacial score (nSPS) is 13.6. The summed E-state index contributed by atoms with van der Waals surface area (Å²) in [6.07, 6.45) is 32.5. The first-order valence-electron chi connectivity index (χ1n) is 14.3. The van der Waals surface area contributed by atoms with Crippen molar-refractivity contribution in [2.45, 2.75) is 89.4 Å². The molecule has 226 valence electrons. The van der Waals surface area contributed by atoms with Gasteiger partial charge in [0.05, 0.1) is 12.7 Å². The molecule has 0 aliphatic rings. The zero-order chi connectivity index (χ0) is 29.7. The molecule has 0 spiro atoms. The van der Waals surface area contributed by atoms with E-state index in [9.17, 15) is 14.7 Å². The van der Waals surface area contributed by atoms with Gasteiger partial charge in [-0.2, -0.15) is 0 Å². The van der Waals surface area contributed by atoms with Gasteiger partial charge in [-0.3, -0.25) is 9.59 Å². The third-order valence-corrected chi connectivity index (χ3v) is 8.55. The van der Waals surface area contributed by atoms with Crippen LogP contribution in [0.3, 0.4) is 0 Å². The lowest BCUT2D eigenvalue weighted by atomic mass is 10.1. The number of aliphatic hydroxyl groups excluding tert-OH is 2. The molecule has 0 saturated heterocycles. The maximum Gasteiger partial charge on any atom is 0.221 e. The summed E-state index contributed by atoms with van der Waals surface area (Å²) in [5.74, 6) is 0.643. The highest BCUT2D eigenvalue weighted by molar-refractivity contribution is 8.77. The predicted octanol–water partition coefficient (Wildman–Crippen LogP) is 6.60. The highest BCUT2D eigenvalue weighted by Gasteiger charge is 2.23. The first-order chi connectivity index (χ1) is 19.3. The third-order valence-electron chi connectivity index (χ3n) is 5.26. The van der Waals surface area contributed by atoms with Crippen LogP contribution in [0.25, 0.3) is 0 Å². The number of carbonyl (C=O) groups excluding carboxylic acids is 2. The Morgan fingerprint density at radius 3 is 1.77 bits per heavy atom. The molecule has 0 aliphatic carbocycles. The Balaban J connectivity index is 3.74. The van der Waals surface area contributed by atoms with E-state index in [1.807, 2.05) is 13.8 Å². The number of hydrogen-bond acceptors (Lipinski definition) is 6. The average Bonchev–Trinajstić information content (AvgIpc) is 2.92. The Labute approximate surface area is 251 Å². The zero-order valence-corrected chi connectivity index (χ0v) is 26.4. The van der Waals surface area contributed by atoms with Crippen molar-refractivity contribution < 1.29 is 19.8 Å². The molecule has 4 N–H and O–H groups in total. The van der Waals surface area contributed by atoms with E-state index in [1.165, 1.54) is 0 Å². The van der Waals surface area contributed by atoms with E-state index in [0.717, 1.165) is 50.7 Å². The van der Waals surface area contributed by atoms with Crippen LogP contribution in [0.15, 0.2) is 72.9 Å². The van der Waals surface area contributed by atoms with E-state index in [-0.39, 0.29) is 29.7 Å². The molecular weight excluding hydrogens is 540 g/mol. The SMILES string of the molecule is CC/C=C\C/C=C\C/C=C\C/C=C\C/C=C\C/C=C\CCC(=O)NCCSSC(C)(C)CC(=O)NC[C@@H](O)CO. The molecule has 40 heavy (non-hydrogen) atoms. The van der Waals surface area contributed by atoms with E-state index in [0.29, 0.717) is 19.4 Å². The summed E-state index contributed by atoms with van der Waals surface area (Å²) in [6.45, 7) is 6.38. The van der Waals surface area contributed by atoms with Gasteiger partial charge in [-0.05, 0) is 58.8 Å². The van der Waals surface area contributed by atoms with Crippen molar-refractivity contribution in [3.8, 4) is 0 Å². The van der Waals surface area contributed by atoms with Crippen LogP contribution in [-0.2, 0) is 9.59 Å². The summed E-state index contributed by atoms with van der Waals surface area (Å²) in [4.78, 5) is 24.0. The Morgan fingerprint density at radius 2 is 1.27 bits per heavy atom. The Morgan fingerprint density at radius 1 is 0.775 bits per heavy atom. The quantitative estimate of drug-likeness (QED) is 0.0573. The third kappa shape index (κ3) is 27.6. The number of hydrogen-bond donors (Lipinski definition) is 4. The first-order valence-corrected chi connectivity index (χ1v) is 16.7. The summed E-state index contributed by atoms with van der Waals surface area (Å²) in [6, 6.07) is 0. The van der Waals surface area contributed by atoms with Crippen LogP contribution in [0, 0.1) is 0 Å². The molecule has 0 radical (unpaired) electrons. The molecule has 0 heterocycles. The number of aliphatic hydroxyl groups is 2. The molecule has 0 aromatic carbocycles. The molecule has 0 aromatic rings. The van der Waals surface area contributed by atoms with Gasteiger partial charge in [0.2, 0.25) is 11.8 Å². The number of nitrogens with one attached hydrogen (secondary N) is 2. The predicted molar refractivity (Wildman–Crippen MR) is 175 cm³/mol. The van der Waals surface area contributed by atoms with Gasteiger partial charge in [-0.15, -0.1) is 0 Å². The molecule has 0 saturated carbocycles. The van der Waals surface area contributed by atoms with Crippen molar-refractivity contribution in [1.29, 1.82) is 0 Å². The fourth-order valence-corrected chi connectivity index (χ4v) is 5.56. The lowest BCUT2D eigenvalue weighted by Gasteiger charge is -2.22. The molecule has 0 bridgehead atoms. The average molecular weight is 593 g/mol. The largest absolute Gasteiger partial charge is 0.394 e. The number of carbonyl (C=O) groups is 2. The highest BCUT2D eigenvalue weighted by Crippen LogP contribution is 2.37.